The zero-order valence-corrected chi connectivity index (χ0v) is 19.2. The number of carboxylic acids is 1. The van der Waals surface area contributed by atoms with E-state index in [1.165, 1.54) is 10.5 Å². The molecule has 7 nitrogen and oxygen atoms in total. The van der Waals surface area contributed by atoms with E-state index in [2.05, 4.69) is 43.3 Å². The van der Waals surface area contributed by atoms with Crippen molar-refractivity contribution in [2.24, 2.45) is 0 Å². The van der Waals surface area contributed by atoms with Gasteiger partial charge in [0.25, 0.3) is 0 Å². The molecule has 1 aromatic carbocycles. The summed E-state index contributed by atoms with van der Waals surface area (Å²) in [4.78, 5) is 30.1. The summed E-state index contributed by atoms with van der Waals surface area (Å²) in [7, 11) is 4.22. The maximum atomic E-state index is 13.2. The lowest BCUT2D eigenvalue weighted by Gasteiger charge is -2.52. The van der Waals surface area contributed by atoms with Crippen molar-refractivity contribution in [1.82, 2.24) is 14.7 Å². The van der Waals surface area contributed by atoms with Crippen LogP contribution >= 0.6 is 12.4 Å². The first-order valence-electron chi connectivity index (χ1n) is 10.9. The lowest BCUT2D eigenvalue weighted by atomic mass is 9.67. The Morgan fingerprint density at radius 3 is 2.16 bits per heavy atom. The molecule has 0 unspecified atom stereocenters. The minimum atomic E-state index is -0.995. The van der Waals surface area contributed by atoms with Crippen molar-refractivity contribution in [2.75, 3.05) is 33.7 Å². The molecule has 3 aliphatic rings. The minimum absolute atomic E-state index is 0. The van der Waals surface area contributed by atoms with Gasteiger partial charge < -0.3 is 20.0 Å². The van der Waals surface area contributed by atoms with Crippen molar-refractivity contribution in [1.29, 1.82) is 0 Å². The summed E-state index contributed by atoms with van der Waals surface area (Å²) in [6.45, 7) is 0.446. The van der Waals surface area contributed by atoms with Gasteiger partial charge in [-0.1, -0.05) is 30.3 Å². The molecule has 2 amide bonds. The van der Waals surface area contributed by atoms with E-state index in [4.69, 9.17) is 0 Å². The smallest absolute Gasteiger partial charge is 0.323 e. The van der Waals surface area contributed by atoms with Crippen LogP contribution in [0.15, 0.2) is 30.3 Å². The normalized spacial score (nSPS) is 29.7. The number of carboxylic acid groups (broad SMARTS) is 1. The fraction of sp³-hybridized carbons (Fsp3) is 0.652. The van der Waals surface area contributed by atoms with E-state index in [9.17, 15) is 19.8 Å². The number of β-amino-alcohol motifs (C(OH)–C–C–N with tert-alkyl or cyclic N) is 1. The van der Waals surface area contributed by atoms with Crippen molar-refractivity contribution in [3.05, 3.63) is 35.9 Å². The molecular formula is C23H34ClN3O4. The molecule has 0 radical (unpaired) electrons. The number of hydrogen-bond acceptors (Lipinski definition) is 4. The van der Waals surface area contributed by atoms with E-state index in [0.717, 1.165) is 32.1 Å². The number of nitrogens with zero attached hydrogens (tertiary/aromatic N) is 3. The van der Waals surface area contributed by atoms with Crippen LogP contribution in [0.1, 0.15) is 50.5 Å². The Bertz CT molecular complexity index is 804. The van der Waals surface area contributed by atoms with Gasteiger partial charge in [-0.15, -0.1) is 12.4 Å². The monoisotopic (exact) mass is 451 g/mol. The van der Waals surface area contributed by atoms with E-state index < -0.39 is 17.1 Å². The van der Waals surface area contributed by atoms with Crippen LogP contribution < -0.4 is 0 Å². The van der Waals surface area contributed by atoms with E-state index in [-0.39, 0.29) is 30.5 Å². The maximum Gasteiger partial charge on any atom is 0.323 e. The van der Waals surface area contributed by atoms with Gasteiger partial charge in [0.15, 0.2) is 0 Å². The first kappa shape index (κ1) is 23.8. The van der Waals surface area contributed by atoms with Crippen molar-refractivity contribution in [2.45, 2.75) is 61.6 Å². The van der Waals surface area contributed by atoms with E-state index in [0.29, 0.717) is 25.9 Å². The number of rotatable bonds is 6. The Balaban J connectivity index is 0.00000272. The van der Waals surface area contributed by atoms with Crippen LogP contribution in [0.4, 0.5) is 4.79 Å². The van der Waals surface area contributed by atoms with Gasteiger partial charge in [-0.2, -0.15) is 0 Å². The second-order valence-corrected chi connectivity index (χ2v) is 9.71. The van der Waals surface area contributed by atoms with Crippen molar-refractivity contribution in [3.8, 4) is 0 Å². The molecule has 0 aromatic heterocycles. The average molecular weight is 452 g/mol. The molecule has 8 heteroatoms. The summed E-state index contributed by atoms with van der Waals surface area (Å²) in [5.74, 6) is -0.995. The number of aliphatic carboxylic acids is 1. The zero-order chi connectivity index (χ0) is 21.6. The van der Waals surface area contributed by atoms with Crippen LogP contribution in [0.3, 0.4) is 0 Å². The molecule has 1 saturated heterocycles. The lowest BCUT2D eigenvalue weighted by molar-refractivity contribution is -0.137. The third kappa shape index (κ3) is 4.15. The van der Waals surface area contributed by atoms with E-state index in [1.54, 1.807) is 0 Å². The molecule has 172 valence electrons. The Morgan fingerprint density at radius 1 is 1.06 bits per heavy atom. The summed E-state index contributed by atoms with van der Waals surface area (Å²) in [6, 6.07) is 10.3. The fourth-order valence-corrected chi connectivity index (χ4v) is 5.74. The number of carbonyl (C=O) groups is 2. The maximum absolute atomic E-state index is 13.2. The van der Waals surface area contributed by atoms with Gasteiger partial charge in [0.1, 0.15) is 6.54 Å². The van der Waals surface area contributed by atoms with Crippen LogP contribution in [-0.4, -0.2) is 81.8 Å². The molecule has 4 rings (SSSR count). The largest absolute Gasteiger partial charge is 0.480 e. The first-order chi connectivity index (χ1) is 14.2. The number of aliphatic hydroxyl groups is 1. The predicted molar refractivity (Wildman–Crippen MR) is 120 cm³/mol. The second-order valence-electron chi connectivity index (χ2n) is 9.71. The molecule has 3 fully saturated rings. The highest BCUT2D eigenvalue weighted by atomic mass is 35.5. The molecule has 31 heavy (non-hydrogen) atoms. The first-order valence-corrected chi connectivity index (χ1v) is 10.9. The minimum Gasteiger partial charge on any atom is -0.480 e. The second kappa shape index (κ2) is 8.60. The van der Waals surface area contributed by atoms with E-state index >= 15 is 0 Å². The van der Waals surface area contributed by atoms with Crippen LogP contribution in [0.2, 0.25) is 0 Å². The van der Waals surface area contributed by atoms with Crippen molar-refractivity contribution in [3.63, 3.8) is 0 Å². The molecule has 1 aliphatic heterocycles. The Labute approximate surface area is 190 Å². The van der Waals surface area contributed by atoms with E-state index in [1.807, 2.05) is 11.0 Å². The number of halogens is 1. The van der Waals surface area contributed by atoms with Gasteiger partial charge in [0, 0.05) is 12.1 Å². The number of amides is 2. The van der Waals surface area contributed by atoms with Gasteiger partial charge in [-0.25, -0.2) is 4.79 Å². The lowest BCUT2D eigenvalue weighted by Crippen LogP contribution is -2.59. The van der Waals surface area contributed by atoms with Crippen LogP contribution in [0.5, 0.6) is 0 Å². The molecule has 2 N–H and O–H groups in total. The molecule has 2 saturated carbocycles. The van der Waals surface area contributed by atoms with Gasteiger partial charge in [-0.3, -0.25) is 9.69 Å². The molecule has 0 bridgehead atoms. The Kier molecular flexibility index (Phi) is 6.61. The standard InChI is InChI=1S/C23H33N3O4.ClH/c1-24(2)23(18-7-4-3-5-8-18)13-11-21(12-14-23)16-25(15-19(27)28)20(29)26(21)17-22(30)9-6-10-22;/h3-5,7-8,30H,6,9-17H2,1-2H3,(H,27,28);1H/t21-,23-;. The number of urea groups is 1. The van der Waals surface area contributed by atoms with Crippen molar-refractivity contribution >= 4 is 24.4 Å². The number of hydrogen-bond donors (Lipinski definition) is 2. The summed E-state index contributed by atoms with van der Waals surface area (Å²) in [5.41, 5.74) is -0.0565. The van der Waals surface area contributed by atoms with Crippen molar-refractivity contribution < 1.29 is 19.8 Å². The van der Waals surface area contributed by atoms with Crippen LogP contribution in [0.25, 0.3) is 0 Å². The highest BCUT2D eigenvalue weighted by molar-refractivity contribution is 5.85. The number of carbonyl (C=O) groups excluding carboxylic acids is 1. The number of benzene rings is 1. The van der Waals surface area contributed by atoms with Gasteiger partial charge >= 0.3 is 12.0 Å². The Morgan fingerprint density at radius 2 is 1.68 bits per heavy atom. The molecular weight excluding hydrogens is 418 g/mol. The highest BCUT2D eigenvalue weighted by Crippen LogP contribution is 2.49. The quantitative estimate of drug-likeness (QED) is 0.694. The summed E-state index contributed by atoms with van der Waals surface area (Å²) in [5, 5.41) is 20.1. The summed E-state index contributed by atoms with van der Waals surface area (Å²) < 4.78 is 0. The van der Waals surface area contributed by atoms with Gasteiger partial charge in [-0.05, 0) is 64.6 Å². The molecule has 1 heterocycles. The zero-order valence-electron chi connectivity index (χ0n) is 18.4. The SMILES string of the molecule is CN(C)[C@]1(c2ccccc2)CC[C@@]2(CC1)CN(CC(=O)O)C(=O)N2CC1(O)CCC1.Cl. The molecule has 1 aromatic rings. The average Bonchev–Trinajstić information content (AvgIpc) is 2.93. The van der Waals surface area contributed by atoms with Gasteiger partial charge in [0.05, 0.1) is 17.7 Å². The molecule has 1 spiro atoms. The summed E-state index contributed by atoms with van der Waals surface area (Å²) in [6.07, 6.45) is 5.73. The fourth-order valence-electron chi connectivity index (χ4n) is 5.74. The predicted octanol–water partition coefficient (Wildman–Crippen LogP) is 2.92. The van der Waals surface area contributed by atoms with Crippen LogP contribution in [-0.2, 0) is 10.3 Å². The van der Waals surface area contributed by atoms with Gasteiger partial charge in [0.2, 0.25) is 0 Å². The highest BCUT2D eigenvalue weighted by Gasteiger charge is 2.56. The Hall–Kier alpha value is -1.83. The molecule has 0 atom stereocenters. The topological polar surface area (TPSA) is 84.3 Å². The third-order valence-corrected chi connectivity index (χ3v) is 7.80. The molecule has 2 aliphatic carbocycles. The van der Waals surface area contributed by atoms with Crippen LogP contribution in [0, 0.1) is 0 Å². The summed E-state index contributed by atoms with van der Waals surface area (Å²) >= 11 is 0. The third-order valence-electron chi connectivity index (χ3n) is 7.80.